The summed E-state index contributed by atoms with van der Waals surface area (Å²) in [6.07, 6.45) is 9.14. The van der Waals surface area contributed by atoms with E-state index in [1.807, 2.05) is 0 Å². The van der Waals surface area contributed by atoms with E-state index >= 15 is 0 Å². The number of aryl methyl sites for hydroxylation is 1. The Labute approximate surface area is 121 Å². The molecule has 1 aromatic carbocycles. The first-order valence-electron chi connectivity index (χ1n) is 7.61. The Morgan fingerprint density at radius 3 is 2.79 bits per heavy atom. The minimum absolute atomic E-state index is 0.767. The first kappa shape index (κ1) is 13.5. The summed E-state index contributed by atoms with van der Waals surface area (Å²) < 4.78 is 0. The van der Waals surface area contributed by atoms with Gasteiger partial charge < -0.3 is 5.32 Å². The van der Waals surface area contributed by atoms with Crippen molar-refractivity contribution in [1.29, 1.82) is 0 Å². The van der Waals surface area contributed by atoms with Crippen molar-refractivity contribution in [3.05, 3.63) is 35.4 Å². The van der Waals surface area contributed by atoms with Gasteiger partial charge in [0.15, 0.2) is 0 Å². The maximum absolute atomic E-state index is 3.91. The summed E-state index contributed by atoms with van der Waals surface area (Å²) in [5, 5.41) is 4.77. The van der Waals surface area contributed by atoms with E-state index in [0.717, 1.165) is 23.3 Å². The van der Waals surface area contributed by atoms with Crippen LogP contribution in [0.15, 0.2) is 24.3 Å². The van der Waals surface area contributed by atoms with Crippen LogP contribution in [0.3, 0.4) is 0 Å². The molecular formula is C17H25NS. The molecule has 104 valence electrons. The first-order valence-corrected chi connectivity index (χ1v) is 8.90. The van der Waals surface area contributed by atoms with Crippen molar-refractivity contribution in [2.24, 2.45) is 0 Å². The third-order valence-electron chi connectivity index (χ3n) is 4.86. The number of hydrogen-bond donors (Lipinski definition) is 1. The van der Waals surface area contributed by atoms with E-state index in [1.165, 1.54) is 37.7 Å². The first-order chi connectivity index (χ1) is 9.26. The lowest BCUT2D eigenvalue weighted by atomic mass is 9.75. The van der Waals surface area contributed by atoms with Crippen LogP contribution in [-0.4, -0.2) is 23.6 Å². The highest BCUT2D eigenvalue weighted by Crippen LogP contribution is 2.39. The van der Waals surface area contributed by atoms with Crippen LogP contribution in [0.5, 0.6) is 0 Å². The van der Waals surface area contributed by atoms with Gasteiger partial charge in [-0.05, 0) is 50.3 Å². The van der Waals surface area contributed by atoms with Crippen molar-refractivity contribution < 1.29 is 0 Å². The molecule has 0 aliphatic heterocycles. The summed E-state index contributed by atoms with van der Waals surface area (Å²) in [6.45, 7) is 2.19. The fourth-order valence-electron chi connectivity index (χ4n) is 3.65. The number of rotatable bonds is 4. The summed E-state index contributed by atoms with van der Waals surface area (Å²) in [7, 11) is 0. The van der Waals surface area contributed by atoms with Crippen molar-refractivity contribution >= 4 is 11.8 Å². The second-order valence-corrected chi connectivity index (χ2v) is 7.33. The Morgan fingerprint density at radius 1 is 1.21 bits per heavy atom. The lowest BCUT2D eigenvalue weighted by molar-refractivity contribution is 0.266. The normalized spacial score (nSPS) is 34.2. The molecule has 0 saturated heterocycles. The Bertz CT molecular complexity index is 425. The van der Waals surface area contributed by atoms with Gasteiger partial charge in [0.25, 0.3) is 0 Å². The number of benzene rings is 1. The third-order valence-corrected chi connectivity index (χ3v) is 6.03. The zero-order valence-electron chi connectivity index (χ0n) is 12.1. The number of thioether (sulfide) groups is 1. The van der Waals surface area contributed by atoms with E-state index in [4.69, 9.17) is 0 Å². The van der Waals surface area contributed by atoms with Gasteiger partial charge >= 0.3 is 0 Å². The average molecular weight is 275 g/mol. The predicted octanol–water partition coefficient (Wildman–Crippen LogP) is 4.11. The van der Waals surface area contributed by atoms with Crippen LogP contribution < -0.4 is 5.32 Å². The molecule has 0 radical (unpaired) electrons. The minimum atomic E-state index is 0.767. The molecule has 0 amide bonds. The van der Waals surface area contributed by atoms with Gasteiger partial charge in [0.05, 0.1) is 0 Å². The Kier molecular flexibility index (Phi) is 4.18. The fourth-order valence-corrected chi connectivity index (χ4v) is 4.60. The molecule has 3 rings (SSSR count). The Balaban J connectivity index is 1.50. The molecule has 0 bridgehead atoms. The molecule has 1 nitrogen and oxygen atoms in total. The second-order valence-electron chi connectivity index (χ2n) is 6.26. The average Bonchev–Trinajstić information content (AvgIpc) is 2.80. The van der Waals surface area contributed by atoms with Crippen LogP contribution in [0.25, 0.3) is 0 Å². The van der Waals surface area contributed by atoms with Crippen molar-refractivity contribution in [2.75, 3.05) is 6.26 Å². The molecule has 2 aliphatic carbocycles. The van der Waals surface area contributed by atoms with Gasteiger partial charge in [-0.2, -0.15) is 11.8 Å². The van der Waals surface area contributed by atoms with E-state index in [9.17, 15) is 0 Å². The van der Waals surface area contributed by atoms with Crippen molar-refractivity contribution in [3.8, 4) is 0 Å². The summed E-state index contributed by atoms with van der Waals surface area (Å²) >= 11 is 2.05. The van der Waals surface area contributed by atoms with Crippen molar-refractivity contribution in [3.63, 3.8) is 0 Å². The Hall–Kier alpha value is -0.470. The molecule has 19 heavy (non-hydrogen) atoms. The highest BCUT2D eigenvalue weighted by Gasteiger charge is 2.35. The van der Waals surface area contributed by atoms with Gasteiger partial charge in [-0.25, -0.2) is 0 Å². The van der Waals surface area contributed by atoms with Gasteiger partial charge in [0.1, 0.15) is 0 Å². The highest BCUT2D eigenvalue weighted by atomic mass is 32.2. The van der Waals surface area contributed by atoms with E-state index in [1.54, 1.807) is 5.56 Å². The molecule has 0 aromatic heterocycles. The Morgan fingerprint density at radius 2 is 2.05 bits per heavy atom. The maximum Gasteiger partial charge on any atom is 0.0198 e. The highest BCUT2D eigenvalue weighted by molar-refractivity contribution is 7.99. The molecule has 2 aliphatic rings. The molecule has 1 N–H and O–H groups in total. The largest absolute Gasteiger partial charge is 0.310 e. The van der Waals surface area contributed by atoms with E-state index in [-0.39, 0.29) is 0 Å². The van der Waals surface area contributed by atoms with E-state index < -0.39 is 0 Å². The molecule has 2 atom stereocenters. The fraction of sp³-hybridized carbons (Fsp3) is 0.647. The molecule has 2 saturated carbocycles. The third kappa shape index (κ3) is 3.00. The van der Waals surface area contributed by atoms with Crippen LogP contribution in [0.4, 0.5) is 0 Å². The number of nitrogens with one attached hydrogen (secondary N) is 1. The summed E-state index contributed by atoms with van der Waals surface area (Å²) in [5.41, 5.74) is 2.94. The van der Waals surface area contributed by atoms with E-state index in [0.29, 0.717) is 0 Å². The van der Waals surface area contributed by atoms with Gasteiger partial charge in [-0.15, -0.1) is 0 Å². The lowest BCUT2D eigenvalue weighted by Gasteiger charge is -2.39. The van der Waals surface area contributed by atoms with Crippen molar-refractivity contribution in [1.82, 2.24) is 5.32 Å². The van der Waals surface area contributed by atoms with Gasteiger partial charge in [-0.3, -0.25) is 0 Å². The molecule has 0 heterocycles. The van der Waals surface area contributed by atoms with Crippen LogP contribution >= 0.6 is 11.8 Å². The molecule has 2 unspecified atom stereocenters. The SMILES string of the molecule is CSC1CCCC1NC1CC(c2cccc(C)c2)C1. The summed E-state index contributed by atoms with van der Waals surface area (Å²) in [5.74, 6) is 0.798. The molecule has 0 spiro atoms. The van der Waals surface area contributed by atoms with Gasteiger partial charge in [0.2, 0.25) is 0 Å². The quantitative estimate of drug-likeness (QED) is 0.887. The monoisotopic (exact) mass is 275 g/mol. The topological polar surface area (TPSA) is 12.0 Å². The zero-order chi connectivity index (χ0) is 13.2. The maximum atomic E-state index is 3.91. The molecule has 2 fully saturated rings. The zero-order valence-corrected chi connectivity index (χ0v) is 12.9. The van der Waals surface area contributed by atoms with Crippen LogP contribution in [-0.2, 0) is 0 Å². The predicted molar refractivity (Wildman–Crippen MR) is 85.0 cm³/mol. The van der Waals surface area contributed by atoms with E-state index in [2.05, 4.69) is 54.5 Å². The summed E-state index contributed by atoms with van der Waals surface area (Å²) in [4.78, 5) is 0. The van der Waals surface area contributed by atoms with Gasteiger partial charge in [-0.1, -0.05) is 36.2 Å². The molecule has 1 aromatic rings. The van der Waals surface area contributed by atoms with Crippen LogP contribution in [0.1, 0.15) is 49.1 Å². The van der Waals surface area contributed by atoms with Gasteiger partial charge in [0, 0.05) is 17.3 Å². The standard InChI is InChI=1S/C17H25NS/c1-12-5-3-6-13(9-12)14-10-15(11-14)18-16-7-4-8-17(16)19-2/h3,5-6,9,14-18H,4,7-8,10-11H2,1-2H3. The molecule has 2 heteroatoms. The molecular weight excluding hydrogens is 250 g/mol. The number of hydrogen-bond acceptors (Lipinski definition) is 2. The smallest absolute Gasteiger partial charge is 0.0198 e. The van der Waals surface area contributed by atoms with Crippen LogP contribution in [0, 0.1) is 6.92 Å². The second kappa shape index (κ2) is 5.88. The van der Waals surface area contributed by atoms with Crippen LogP contribution in [0.2, 0.25) is 0 Å². The summed E-state index contributed by atoms with van der Waals surface area (Å²) in [6, 6.07) is 10.6. The van der Waals surface area contributed by atoms with Crippen molar-refractivity contribution in [2.45, 2.75) is 62.3 Å². The minimum Gasteiger partial charge on any atom is -0.310 e. The lowest BCUT2D eigenvalue weighted by Crippen LogP contribution is -2.47.